The molecule has 4 saturated carbocycles. The molecule has 0 radical (unpaired) electrons. The summed E-state index contributed by atoms with van der Waals surface area (Å²) in [6, 6.07) is 3.95. The number of pyridine rings is 1. The van der Waals surface area contributed by atoms with Gasteiger partial charge in [0, 0.05) is 25.3 Å². The average molecular weight is 370 g/mol. The van der Waals surface area contributed by atoms with Gasteiger partial charge in [-0.2, -0.15) is 0 Å². The highest BCUT2D eigenvalue weighted by Gasteiger charge is 2.61. The van der Waals surface area contributed by atoms with Gasteiger partial charge >= 0.3 is 0 Å². The number of aromatic nitrogens is 1. The standard InChI is InChI=1S/C23H35N3O/c1-5-8-26(13-19-7-6-18(12-25-19)20(27)24-4)23-11-17-9-21(2,15-23)14-22(3,10-17)16-23/h6-7,12,17H,5,8-11,13-16H2,1-4H3,(H,24,27)/t17?,21-,22+,23?. The summed E-state index contributed by atoms with van der Waals surface area (Å²) in [5.41, 5.74) is 3.12. The largest absolute Gasteiger partial charge is 0.355 e. The van der Waals surface area contributed by atoms with Gasteiger partial charge < -0.3 is 5.32 Å². The van der Waals surface area contributed by atoms with Gasteiger partial charge in [-0.15, -0.1) is 0 Å². The van der Waals surface area contributed by atoms with Gasteiger partial charge in [-0.05, 0) is 80.4 Å². The molecule has 148 valence electrons. The van der Waals surface area contributed by atoms with Gasteiger partial charge in [0.2, 0.25) is 0 Å². The van der Waals surface area contributed by atoms with Crippen molar-refractivity contribution in [2.45, 2.75) is 77.8 Å². The lowest BCUT2D eigenvalue weighted by Crippen LogP contribution is -2.65. The van der Waals surface area contributed by atoms with Crippen molar-refractivity contribution in [2.75, 3.05) is 13.6 Å². The average Bonchev–Trinajstić information content (AvgIpc) is 2.58. The lowest BCUT2D eigenvalue weighted by Gasteiger charge is -2.68. The minimum Gasteiger partial charge on any atom is -0.355 e. The number of nitrogens with zero attached hydrogens (tertiary/aromatic N) is 2. The highest BCUT2D eigenvalue weighted by molar-refractivity contribution is 5.93. The lowest BCUT2D eigenvalue weighted by molar-refractivity contribution is -0.164. The first-order valence-corrected chi connectivity index (χ1v) is 10.7. The highest BCUT2D eigenvalue weighted by atomic mass is 16.1. The van der Waals surface area contributed by atoms with Crippen LogP contribution in [0.2, 0.25) is 0 Å². The van der Waals surface area contributed by atoms with Crippen LogP contribution in [0.5, 0.6) is 0 Å². The molecule has 0 aromatic carbocycles. The summed E-state index contributed by atoms with van der Waals surface area (Å²) in [5, 5.41) is 2.67. The normalized spacial score (nSPS) is 37.0. The molecule has 2 unspecified atom stereocenters. The van der Waals surface area contributed by atoms with Crippen LogP contribution in [0.25, 0.3) is 0 Å². The zero-order chi connectivity index (χ0) is 19.3. The van der Waals surface area contributed by atoms with Crippen LogP contribution in [0.15, 0.2) is 18.3 Å². The van der Waals surface area contributed by atoms with Crippen molar-refractivity contribution in [2.24, 2.45) is 16.7 Å². The SMILES string of the molecule is CCCN(Cc1ccc(C(=O)NC)cn1)C12CC3C[C@@](C)(C1)C[C@](C)(C3)C2. The van der Waals surface area contributed by atoms with Crippen LogP contribution in [-0.4, -0.2) is 34.9 Å². The van der Waals surface area contributed by atoms with Crippen LogP contribution in [0.3, 0.4) is 0 Å². The van der Waals surface area contributed by atoms with Crippen LogP contribution in [0, 0.1) is 16.7 Å². The van der Waals surface area contributed by atoms with Crippen LogP contribution in [0.4, 0.5) is 0 Å². The number of rotatable bonds is 6. The quantitative estimate of drug-likeness (QED) is 0.808. The molecule has 4 fully saturated rings. The molecule has 4 bridgehead atoms. The Bertz CT molecular complexity index is 695. The number of hydrogen-bond donors (Lipinski definition) is 1. The van der Waals surface area contributed by atoms with E-state index in [0.717, 1.165) is 24.7 Å². The van der Waals surface area contributed by atoms with E-state index in [-0.39, 0.29) is 5.91 Å². The van der Waals surface area contributed by atoms with Crippen molar-refractivity contribution < 1.29 is 4.79 Å². The van der Waals surface area contributed by atoms with E-state index < -0.39 is 0 Å². The number of amides is 1. The van der Waals surface area contributed by atoms with Gasteiger partial charge in [0.1, 0.15) is 0 Å². The van der Waals surface area contributed by atoms with Crippen molar-refractivity contribution in [3.8, 4) is 0 Å². The number of carbonyl (C=O) groups is 1. The minimum atomic E-state index is -0.0681. The van der Waals surface area contributed by atoms with E-state index >= 15 is 0 Å². The molecule has 0 saturated heterocycles. The molecule has 4 heteroatoms. The summed E-state index contributed by atoms with van der Waals surface area (Å²) in [7, 11) is 1.66. The monoisotopic (exact) mass is 369 g/mol. The first-order valence-electron chi connectivity index (χ1n) is 10.7. The number of hydrogen-bond acceptors (Lipinski definition) is 3. The molecule has 4 aliphatic carbocycles. The van der Waals surface area contributed by atoms with Gasteiger partial charge in [-0.3, -0.25) is 14.7 Å². The minimum absolute atomic E-state index is 0.0681. The number of carbonyl (C=O) groups excluding carboxylic acids is 1. The fraction of sp³-hybridized carbons (Fsp3) is 0.739. The van der Waals surface area contributed by atoms with E-state index in [4.69, 9.17) is 0 Å². The Hall–Kier alpha value is -1.42. The lowest BCUT2D eigenvalue weighted by atomic mass is 9.42. The maximum Gasteiger partial charge on any atom is 0.252 e. The molecule has 1 aromatic rings. The van der Waals surface area contributed by atoms with Crippen LogP contribution in [-0.2, 0) is 6.54 Å². The molecule has 1 aromatic heterocycles. The molecule has 27 heavy (non-hydrogen) atoms. The summed E-state index contributed by atoms with van der Waals surface area (Å²) in [6.45, 7) is 9.42. The van der Waals surface area contributed by atoms with Crippen LogP contribution in [0.1, 0.15) is 81.8 Å². The third-order valence-electron chi connectivity index (χ3n) is 7.43. The fourth-order valence-corrected chi connectivity index (χ4v) is 7.49. The Balaban J connectivity index is 1.58. The Morgan fingerprint density at radius 2 is 1.89 bits per heavy atom. The molecule has 0 spiro atoms. The zero-order valence-electron chi connectivity index (χ0n) is 17.5. The van der Waals surface area contributed by atoms with Crippen molar-refractivity contribution in [1.82, 2.24) is 15.2 Å². The van der Waals surface area contributed by atoms with Crippen LogP contribution >= 0.6 is 0 Å². The molecule has 5 rings (SSSR count). The Morgan fingerprint density at radius 1 is 1.19 bits per heavy atom. The molecule has 4 aliphatic rings. The number of nitrogens with one attached hydrogen (secondary N) is 1. The second-order valence-corrected chi connectivity index (χ2v) is 10.4. The molecule has 1 heterocycles. The van der Waals surface area contributed by atoms with E-state index in [1.54, 1.807) is 13.2 Å². The summed E-state index contributed by atoms with van der Waals surface area (Å²) in [4.78, 5) is 19.2. The van der Waals surface area contributed by atoms with Gasteiger partial charge in [0.15, 0.2) is 0 Å². The molecule has 1 amide bonds. The molecule has 0 aliphatic heterocycles. The summed E-state index contributed by atoms with van der Waals surface area (Å²) in [5.74, 6) is 0.834. The van der Waals surface area contributed by atoms with Crippen molar-refractivity contribution in [3.05, 3.63) is 29.6 Å². The predicted octanol–water partition coefficient (Wildman–Crippen LogP) is 4.40. The summed E-state index contributed by atoms with van der Waals surface area (Å²) < 4.78 is 0. The van der Waals surface area contributed by atoms with Crippen molar-refractivity contribution in [3.63, 3.8) is 0 Å². The van der Waals surface area contributed by atoms with E-state index in [0.29, 0.717) is 21.9 Å². The second-order valence-electron chi connectivity index (χ2n) is 10.4. The maximum atomic E-state index is 11.8. The Labute approximate surface area is 164 Å². The van der Waals surface area contributed by atoms with Gasteiger partial charge in [-0.25, -0.2) is 0 Å². The van der Waals surface area contributed by atoms with Gasteiger partial charge in [-0.1, -0.05) is 20.8 Å². The summed E-state index contributed by atoms with van der Waals surface area (Å²) >= 11 is 0. The Kier molecular flexibility index (Phi) is 4.61. The van der Waals surface area contributed by atoms with Crippen molar-refractivity contribution in [1.29, 1.82) is 0 Å². The third kappa shape index (κ3) is 3.41. The zero-order valence-corrected chi connectivity index (χ0v) is 17.5. The van der Waals surface area contributed by atoms with Gasteiger partial charge in [0.25, 0.3) is 5.91 Å². The van der Waals surface area contributed by atoms with E-state index in [1.807, 2.05) is 12.1 Å². The molecule has 4 atom stereocenters. The summed E-state index contributed by atoms with van der Waals surface area (Å²) in [6.07, 6.45) is 11.3. The first-order chi connectivity index (χ1) is 12.8. The topological polar surface area (TPSA) is 45.2 Å². The third-order valence-corrected chi connectivity index (χ3v) is 7.43. The maximum absolute atomic E-state index is 11.8. The van der Waals surface area contributed by atoms with Gasteiger partial charge in [0.05, 0.1) is 11.3 Å². The molecule has 4 nitrogen and oxygen atoms in total. The second kappa shape index (κ2) is 6.58. The smallest absolute Gasteiger partial charge is 0.252 e. The van der Waals surface area contributed by atoms with E-state index in [9.17, 15) is 4.79 Å². The van der Waals surface area contributed by atoms with Crippen LogP contribution < -0.4 is 5.32 Å². The first kappa shape index (κ1) is 18.9. The molecular formula is C23H35N3O. The molecular weight excluding hydrogens is 334 g/mol. The van der Waals surface area contributed by atoms with Crippen molar-refractivity contribution >= 4 is 5.91 Å². The predicted molar refractivity (Wildman–Crippen MR) is 108 cm³/mol. The van der Waals surface area contributed by atoms with E-state index in [2.05, 4.69) is 36.0 Å². The van der Waals surface area contributed by atoms with E-state index in [1.165, 1.54) is 44.9 Å². The highest BCUT2D eigenvalue weighted by Crippen LogP contribution is 2.67. The molecule has 1 N–H and O–H groups in total. The Morgan fingerprint density at radius 3 is 2.41 bits per heavy atom. The fourth-order valence-electron chi connectivity index (χ4n) is 7.49.